The molecule has 1 aliphatic rings. The third-order valence-electron chi connectivity index (χ3n) is 5.42. The van der Waals surface area contributed by atoms with Crippen LogP contribution >= 0.6 is 0 Å². The summed E-state index contributed by atoms with van der Waals surface area (Å²) in [6.45, 7) is 4.22. The Labute approximate surface area is 158 Å². The largest absolute Gasteiger partial charge is 0.490 e. The van der Waals surface area contributed by atoms with E-state index in [9.17, 15) is 4.39 Å². The molecular weight excluding hydrogens is 345 g/mol. The van der Waals surface area contributed by atoms with Crippen molar-refractivity contribution in [3.8, 4) is 5.75 Å². The molecule has 0 N–H and O–H groups in total. The Morgan fingerprint density at radius 3 is 2.59 bits per heavy atom. The van der Waals surface area contributed by atoms with Gasteiger partial charge in [-0.3, -0.25) is 4.40 Å². The summed E-state index contributed by atoms with van der Waals surface area (Å²) in [6.07, 6.45) is 5.52. The Bertz CT molecular complexity index is 950. The summed E-state index contributed by atoms with van der Waals surface area (Å²) in [7, 11) is 1.63. The molecule has 0 aliphatic heterocycles. The topological polar surface area (TPSA) is 48.7 Å². The van der Waals surface area contributed by atoms with Crippen LogP contribution in [0.4, 0.5) is 4.39 Å². The minimum atomic E-state index is -0.683. The van der Waals surface area contributed by atoms with Gasteiger partial charge in [-0.1, -0.05) is 12.1 Å². The van der Waals surface area contributed by atoms with Gasteiger partial charge in [-0.05, 0) is 56.4 Å². The lowest BCUT2D eigenvalue weighted by molar-refractivity contribution is -0.0345. The van der Waals surface area contributed by atoms with E-state index >= 15 is 0 Å². The van der Waals surface area contributed by atoms with Crippen molar-refractivity contribution >= 4 is 5.65 Å². The molecule has 1 aromatic carbocycles. The number of nitrogens with zero attached hydrogens (tertiary/aromatic N) is 3. The van der Waals surface area contributed by atoms with Crippen LogP contribution in [0.2, 0.25) is 0 Å². The standard InChI is InChI=1S/C21H24FN3O2/c1-14-18(10-11-25-19(12-15-4-5-15)23-24-20(14)25)27-13-21(2,26-3)16-6-8-17(22)9-7-16/h6-11,15H,4-5,12-13H2,1-3H3/t21-/m0/s1. The Morgan fingerprint density at radius 2 is 1.93 bits per heavy atom. The first-order valence-corrected chi connectivity index (χ1v) is 9.27. The van der Waals surface area contributed by atoms with Crippen molar-refractivity contribution in [1.29, 1.82) is 0 Å². The molecule has 0 spiro atoms. The lowest BCUT2D eigenvalue weighted by atomic mass is 9.96. The van der Waals surface area contributed by atoms with Gasteiger partial charge < -0.3 is 9.47 Å². The number of hydrogen-bond acceptors (Lipinski definition) is 4. The average molecular weight is 369 g/mol. The van der Waals surface area contributed by atoms with Gasteiger partial charge in [0.15, 0.2) is 5.65 Å². The molecule has 2 aromatic heterocycles. The van der Waals surface area contributed by atoms with E-state index in [1.165, 1.54) is 25.0 Å². The van der Waals surface area contributed by atoms with E-state index in [2.05, 4.69) is 14.6 Å². The maximum atomic E-state index is 13.2. The summed E-state index contributed by atoms with van der Waals surface area (Å²) in [5, 5.41) is 8.71. The van der Waals surface area contributed by atoms with Crippen LogP contribution in [0.3, 0.4) is 0 Å². The zero-order valence-corrected chi connectivity index (χ0v) is 15.9. The molecule has 142 valence electrons. The van der Waals surface area contributed by atoms with Gasteiger partial charge in [-0.25, -0.2) is 4.39 Å². The van der Waals surface area contributed by atoms with Crippen LogP contribution < -0.4 is 4.74 Å². The van der Waals surface area contributed by atoms with Crippen LogP contribution in [0, 0.1) is 18.7 Å². The van der Waals surface area contributed by atoms with E-state index < -0.39 is 5.60 Å². The number of rotatable bonds is 7. The average Bonchev–Trinajstić information content (AvgIpc) is 3.40. The van der Waals surface area contributed by atoms with Gasteiger partial charge in [0.25, 0.3) is 0 Å². The van der Waals surface area contributed by atoms with Crippen LogP contribution in [-0.4, -0.2) is 28.3 Å². The second-order valence-corrected chi connectivity index (χ2v) is 7.49. The molecule has 1 aliphatic carbocycles. The number of pyridine rings is 1. The molecule has 27 heavy (non-hydrogen) atoms. The molecule has 5 nitrogen and oxygen atoms in total. The van der Waals surface area contributed by atoms with E-state index in [1.807, 2.05) is 26.1 Å². The quantitative estimate of drug-likeness (QED) is 0.630. The number of ether oxygens (including phenoxy) is 2. The summed E-state index contributed by atoms with van der Waals surface area (Å²) in [5.74, 6) is 2.24. The molecule has 1 fully saturated rings. The van der Waals surface area contributed by atoms with Crippen LogP contribution in [0.15, 0.2) is 36.5 Å². The van der Waals surface area contributed by atoms with E-state index in [1.54, 1.807) is 19.2 Å². The van der Waals surface area contributed by atoms with Gasteiger partial charge in [-0.2, -0.15) is 0 Å². The molecule has 0 saturated heterocycles. The fourth-order valence-corrected chi connectivity index (χ4v) is 3.27. The van der Waals surface area contributed by atoms with Crippen molar-refractivity contribution in [3.63, 3.8) is 0 Å². The molecular formula is C21H24FN3O2. The van der Waals surface area contributed by atoms with E-state index in [0.717, 1.165) is 40.7 Å². The Balaban J connectivity index is 1.55. The highest BCUT2D eigenvalue weighted by Crippen LogP contribution is 2.33. The number of benzene rings is 1. The van der Waals surface area contributed by atoms with Gasteiger partial charge >= 0.3 is 0 Å². The second kappa shape index (κ2) is 6.93. The van der Waals surface area contributed by atoms with Crippen molar-refractivity contribution in [2.24, 2.45) is 5.92 Å². The third kappa shape index (κ3) is 3.54. The van der Waals surface area contributed by atoms with E-state index in [4.69, 9.17) is 9.47 Å². The highest BCUT2D eigenvalue weighted by atomic mass is 19.1. The Morgan fingerprint density at radius 1 is 1.19 bits per heavy atom. The summed E-state index contributed by atoms with van der Waals surface area (Å²) in [6, 6.07) is 8.26. The van der Waals surface area contributed by atoms with Crippen molar-refractivity contribution in [2.75, 3.05) is 13.7 Å². The Kier molecular flexibility index (Phi) is 4.60. The number of aryl methyl sites for hydroxylation is 1. The number of hydrogen-bond donors (Lipinski definition) is 0. The first kappa shape index (κ1) is 17.9. The number of aromatic nitrogens is 3. The van der Waals surface area contributed by atoms with Crippen molar-refractivity contribution in [3.05, 3.63) is 59.3 Å². The first-order chi connectivity index (χ1) is 13.0. The smallest absolute Gasteiger partial charge is 0.167 e. The predicted molar refractivity (Wildman–Crippen MR) is 100 cm³/mol. The van der Waals surface area contributed by atoms with Gasteiger partial charge in [0.2, 0.25) is 0 Å². The molecule has 1 saturated carbocycles. The lowest BCUT2D eigenvalue weighted by Crippen LogP contribution is -2.32. The number of methoxy groups -OCH3 is 1. The highest BCUT2D eigenvalue weighted by molar-refractivity contribution is 5.54. The van der Waals surface area contributed by atoms with Gasteiger partial charge in [0.05, 0.1) is 0 Å². The van der Waals surface area contributed by atoms with E-state index in [-0.39, 0.29) is 5.82 Å². The normalized spacial score (nSPS) is 16.4. The molecule has 2 heterocycles. The van der Waals surface area contributed by atoms with Crippen molar-refractivity contribution in [2.45, 2.75) is 38.7 Å². The molecule has 0 amide bonds. The molecule has 3 aromatic rings. The minimum Gasteiger partial charge on any atom is -0.490 e. The molecule has 4 rings (SSSR count). The van der Waals surface area contributed by atoms with E-state index in [0.29, 0.717) is 6.61 Å². The second-order valence-electron chi connectivity index (χ2n) is 7.49. The summed E-state index contributed by atoms with van der Waals surface area (Å²) in [4.78, 5) is 0. The summed E-state index contributed by atoms with van der Waals surface area (Å²) < 4.78 is 27.1. The summed E-state index contributed by atoms with van der Waals surface area (Å²) in [5.41, 5.74) is 1.95. The predicted octanol–water partition coefficient (Wildman–Crippen LogP) is 4.07. The monoisotopic (exact) mass is 369 g/mol. The summed E-state index contributed by atoms with van der Waals surface area (Å²) >= 11 is 0. The molecule has 0 bridgehead atoms. The van der Waals surface area contributed by atoms with Crippen LogP contribution in [0.5, 0.6) is 5.75 Å². The molecule has 6 heteroatoms. The fourth-order valence-electron chi connectivity index (χ4n) is 3.27. The maximum Gasteiger partial charge on any atom is 0.167 e. The number of fused-ring (bicyclic) bond motifs is 1. The van der Waals surface area contributed by atoms with Crippen molar-refractivity contribution in [1.82, 2.24) is 14.6 Å². The maximum absolute atomic E-state index is 13.2. The van der Waals surface area contributed by atoms with Crippen LogP contribution in [0.25, 0.3) is 5.65 Å². The van der Waals surface area contributed by atoms with Gasteiger partial charge in [-0.15, -0.1) is 10.2 Å². The SMILES string of the molecule is CO[C@@](C)(COc1ccn2c(CC3CC3)nnc2c1C)c1ccc(F)cc1. The van der Waals surface area contributed by atoms with Gasteiger partial charge in [0.1, 0.15) is 29.6 Å². The first-order valence-electron chi connectivity index (χ1n) is 9.27. The molecule has 0 radical (unpaired) electrons. The number of halogens is 1. The fraction of sp³-hybridized carbons (Fsp3) is 0.429. The molecule has 1 atom stereocenters. The van der Waals surface area contributed by atoms with Gasteiger partial charge in [0, 0.05) is 25.3 Å². The minimum absolute atomic E-state index is 0.270. The van der Waals surface area contributed by atoms with Crippen molar-refractivity contribution < 1.29 is 13.9 Å². The van der Waals surface area contributed by atoms with Crippen LogP contribution in [0.1, 0.15) is 36.7 Å². The zero-order chi connectivity index (χ0) is 19.0. The lowest BCUT2D eigenvalue weighted by Gasteiger charge is -2.29. The highest BCUT2D eigenvalue weighted by Gasteiger charge is 2.28. The molecule has 0 unspecified atom stereocenters. The Hall–Kier alpha value is -2.47. The zero-order valence-electron chi connectivity index (χ0n) is 15.9. The van der Waals surface area contributed by atoms with Crippen LogP contribution in [-0.2, 0) is 16.8 Å². The third-order valence-corrected chi connectivity index (χ3v) is 5.42.